The Labute approximate surface area is 118 Å². The van der Waals surface area contributed by atoms with Gasteiger partial charge in [0.2, 0.25) is 5.91 Å². The van der Waals surface area contributed by atoms with Crippen LogP contribution in [0.1, 0.15) is 30.6 Å². The monoisotopic (exact) mass is 283 g/mol. The fourth-order valence-corrected chi connectivity index (χ4v) is 2.96. The SMILES string of the molecule is Cc1csc(C(C)NC(C)C(=O)N2CCOCC2)n1. The highest BCUT2D eigenvalue weighted by atomic mass is 32.1. The minimum atomic E-state index is -0.197. The maximum Gasteiger partial charge on any atom is 0.239 e. The van der Waals surface area contributed by atoms with Crippen LogP contribution in [0.25, 0.3) is 0 Å². The van der Waals surface area contributed by atoms with Gasteiger partial charge >= 0.3 is 0 Å². The van der Waals surface area contributed by atoms with Crippen LogP contribution >= 0.6 is 11.3 Å². The predicted molar refractivity (Wildman–Crippen MR) is 75.3 cm³/mol. The normalized spacial score (nSPS) is 19.2. The lowest BCUT2D eigenvalue weighted by molar-refractivity contribution is -0.137. The van der Waals surface area contributed by atoms with Gasteiger partial charge in [-0.15, -0.1) is 11.3 Å². The number of carbonyl (C=O) groups is 1. The van der Waals surface area contributed by atoms with Crippen LogP contribution in [-0.4, -0.2) is 48.1 Å². The summed E-state index contributed by atoms with van der Waals surface area (Å²) in [7, 11) is 0. The van der Waals surface area contributed by atoms with Gasteiger partial charge in [0, 0.05) is 24.2 Å². The van der Waals surface area contributed by atoms with Gasteiger partial charge in [-0.1, -0.05) is 0 Å². The number of ether oxygens (including phenoxy) is 1. The average molecular weight is 283 g/mol. The molecule has 1 N–H and O–H groups in total. The van der Waals surface area contributed by atoms with E-state index in [2.05, 4.69) is 10.3 Å². The summed E-state index contributed by atoms with van der Waals surface area (Å²) in [5.41, 5.74) is 1.03. The molecule has 1 aliphatic heterocycles. The summed E-state index contributed by atoms with van der Waals surface area (Å²) >= 11 is 1.63. The van der Waals surface area contributed by atoms with Gasteiger partial charge in [-0.05, 0) is 20.8 Å². The van der Waals surface area contributed by atoms with Crippen molar-refractivity contribution >= 4 is 17.2 Å². The minimum Gasteiger partial charge on any atom is -0.378 e. The van der Waals surface area contributed by atoms with Gasteiger partial charge in [-0.3, -0.25) is 10.1 Å². The van der Waals surface area contributed by atoms with E-state index in [1.807, 2.05) is 31.1 Å². The van der Waals surface area contributed by atoms with Crippen molar-refractivity contribution in [2.45, 2.75) is 32.9 Å². The van der Waals surface area contributed by atoms with E-state index in [9.17, 15) is 4.79 Å². The van der Waals surface area contributed by atoms with Crippen LogP contribution < -0.4 is 5.32 Å². The molecule has 19 heavy (non-hydrogen) atoms. The van der Waals surface area contributed by atoms with Gasteiger partial charge in [0.1, 0.15) is 5.01 Å². The molecule has 1 aliphatic rings. The molecule has 2 rings (SSSR count). The zero-order valence-electron chi connectivity index (χ0n) is 11.7. The Morgan fingerprint density at radius 3 is 2.74 bits per heavy atom. The number of nitrogens with one attached hydrogen (secondary N) is 1. The molecule has 1 aromatic rings. The summed E-state index contributed by atoms with van der Waals surface area (Å²) in [5, 5.41) is 6.38. The van der Waals surface area contributed by atoms with E-state index in [0.29, 0.717) is 26.3 Å². The van der Waals surface area contributed by atoms with Crippen LogP contribution in [0.2, 0.25) is 0 Å². The van der Waals surface area contributed by atoms with Crippen molar-refractivity contribution in [1.82, 2.24) is 15.2 Å². The third kappa shape index (κ3) is 3.75. The zero-order valence-corrected chi connectivity index (χ0v) is 12.5. The summed E-state index contributed by atoms with van der Waals surface area (Å²) in [6, 6.07) is -0.101. The molecule has 0 aromatic carbocycles. The van der Waals surface area contributed by atoms with Gasteiger partial charge in [0.05, 0.1) is 25.3 Å². The van der Waals surface area contributed by atoms with E-state index in [-0.39, 0.29) is 18.0 Å². The van der Waals surface area contributed by atoms with Crippen molar-refractivity contribution in [1.29, 1.82) is 0 Å². The first-order valence-electron chi connectivity index (χ1n) is 6.62. The number of aromatic nitrogens is 1. The lowest BCUT2D eigenvalue weighted by Gasteiger charge is -2.30. The second-order valence-corrected chi connectivity index (χ2v) is 5.76. The fraction of sp³-hybridized carbons (Fsp3) is 0.692. The summed E-state index contributed by atoms with van der Waals surface area (Å²) in [6.07, 6.45) is 0. The molecular weight excluding hydrogens is 262 g/mol. The van der Waals surface area contributed by atoms with Crippen LogP contribution in [0.3, 0.4) is 0 Å². The van der Waals surface area contributed by atoms with Crippen LogP contribution in [-0.2, 0) is 9.53 Å². The molecule has 106 valence electrons. The fourth-order valence-electron chi connectivity index (χ4n) is 2.15. The Morgan fingerprint density at radius 2 is 2.16 bits per heavy atom. The highest BCUT2D eigenvalue weighted by Gasteiger charge is 2.24. The Morgan fingerprint density at radius 1 is 1.47 bits per heavy atom. The summed E-state index contributed by atoms with van der Waals surface area (Å²) in [4.78, 5) is 18.6. The molecule has 5 nitrogen and oxygen atoms in total. The molecule has 2 heterocycles. The number of carbonyl (C=O) groups excluding carboxylic acids is 1. The molecule has 0 spiro atoms. The smallest absolute Gasteiger partial charge is 0.239 e. The number of rotatable bonds is 4. The number of aryl methyl sites for hydroxylation is 1. The van der Waals surface area contributed by atoms with Gasteiger partial charge in [-0.2, -0.15) is 0 Å². The molecule has 1 fully saturated rings. The van der Waals surface area contributed by atoms with Crippen molar-refractivity contribution in [3.05, 3.63) is 16.1 Å². The van der Waals surface area contributed by atoms with Crippen molar-refractivity contribution in [2.24, 2.45) is 0 Å². The molecule has 1 amide bonds. The number of nitrogens with zero attached hydrogens (tertiary/aromatic N) is 2. The van der Waals surface area contributed by atoms with Crippen LogP contribution in [0.15, 0.2) is 5.38 Å². The third-order valence-corrected chi connectivity index (χ3v) is 4.35. The lowest BCUT2D eigenvalue weighted by Crippen LogP contribution is -2.49. The molecule has 1 aromatic heterocycles. The maximum atomic E-state index is 12.3. The number of hydrogen-bond acceptors (Lipinski definition) is 5. The zero-order chi connectivity index (χ0) is 13.8. The first-order valence-corrected chi connectivity index (χ1v) is 7.50. The first-order chi connectivity index (χ1) is 9.08. The van der Waals surface area contributed by atoms with Crippen molar-refractivity contribution in [2.75, 3.05) is 26.3 Å². The topological polar surface area (TPSA) is 54.5 Å². The average Bonchev–Trinajstić information content (AvgIpc) is 2.85. The molecular formula is C13H21N3O2S. The molecule has 1 saturated heterocycles. The van der Waals surface area contributed by atoms with Gasteiger partial charge in [0.25, 0.3) is 0 Å². The van der Waals surface area contributed by atoms with E-state index >= 15 is 0 Å². The quantitative estimate of drug-likeness (QED) is 0.906. The summed E-state index contributed by atoms with van der Waals surface area (Å²) in [5.74, 6) is 0.142. The highest BCUT2D eigenvalue weighted by Crippen LogP contribution is 2.18. The van der Waals surface area contributed by atoms with Crippen LogP contribution in [0.4, 0.5) is 0 Å². The summed E-state index contributed by atoms with van der Waals surface area (Å²) in [6.45, 7) is 8.59. The summed E-state index contributed by atoms with van der Waals surface area (Å²) < 4.78 is 5.26. The lowest BCUT2D eigenvalue weighted by atomic mass is 10.2. The number of amides is 1. The standard InChI is InChI=1S/C13H21N3O2S/c1-9-8-19-12(14-9)10(2)15-11(3)13(17)16-4-6-18-7-5-16/h8,10-11,15H,4-7H2,1-3H3. The van der Waals surface area contributed by atoms with Crippen LogP contribution in [0.5, 0.6) is 0 Å². The van der Waals surface area contributed by atoms with E-state index in [1.165, 1.54) is 0 Å². The van der Waals surface area contributed by atoms with E-state index in [4.69, 9.17) is 4.74 Å². The Kier molecular flexibility index (Phi) is 4.90. The van der Waals surface area contributed by atoms with Gasteiger partial charge in [-0.25, -0.2) is 4.98 Å². The Balaban J connectivity index is 1.89. The van der Waals surface area contributed by atoms with Crippen molar-refractivity contribution < 1.29 is 9.53 Å². The van der Waals surface area contributed by atoms with Crippen molar-refractivity contribution in [3.63, 3.8) is 0 Å². The predicted octanol–water partition coefficient (Wildman–Crippen LogP) is 1.35. The molecule has 0 radical (unpaired) electrons. The van der Waals surface area contributed by atoms with E-state index in [1.54, 1.807) is 11.3 Å². The van der Waals surface area contributed by atoms with Crippen molar-refractivity contribution in [3.8, 4) is 0 Å². The highest BCUT2D eigenvalue weighted by molar-refractivity contribution is 7.09. The first kappa shape index (κ1) is 14.4. The van der Waals surface area contributed by atoms with Crippen LogP contribution in [0, 0.1) is 6.92 Å². The Bertz CT molecular complexity index is 429. The van der Waals surface area contributed by atoms with E-state index < -0.39 is 0 Å². The third-order valence-electron chi connectivity index (χ3n) is 3.20. The number of hydrogen-bond donors (Lipinski definition) is 1. The largest absolute Gasteiger partial charge is 0.378 e. The number of morpholine rings is 1. The van der Waals surface area contributed by atoms with Gasteiger partial charge in [0.15, 0.2) is 0 Å². The second-order valence-electron chi connectivity index (χ2n) is 4.87. The maximum absolute atomic E-state index is 12.3. The Hall–Kier alpha value is -0.980. The molecule has 0 aliphatic carbocycles. The molecule has 2 atom stereocenters. The minimum absolute atomic E-state index is 0.0960. The molecule has 0 bridgehead atoms. The second kappa shape index (κ2) is 6.45. The molecule has 0 saturated carbocycles. The van der Waals surface area contributed by atoms with E-state index in [0.717, 1.165) is 10.7 Å². The molecule has 2 unspecified atom stereocenters. The molecule has 6 heteroatoms. The number of thiazole rings is 1. The van der Waals surface area contributed by atoms with Gasteiger partial charge < -0.3 is 9.64 Å².